The molecule has 0 amide bonds. The van der Waals surface area contributed by atoms with Gasteiger partial charge in [-0.2, -0.15) is 0 Å². The molecule has 0 spiro atoms. The van der Waals surface area contributed by atoms with Crippen LogP contribution in [0.3, 0.4) is 0 Å². The summed E-state index contributed by atoms with van der Waals surface area (Å²) in [6.07, 6.45) is 11.2. The Labute approximate surface area is 124 Å². The van der Waals surface area contributed by atoms with E-state index in [4.69, 9.17) is 4.74 Å². The molecule has 0 aromatic heterocycles. The zero-order valence-corrected chi connectivity index (χ0v) is 13.0. The van der Waals surface area contributed by atoms with Gasteiger partial charge in [0.2, 0.25) is 0 Å². The Bertz CT molecular complexity index is 416. The van der Waals surface area contributed by atoms with Gasteiger partial charge in [-0.25, -0.2) is 0 Å². The van der Waals surface area contributed by atoms with Crippen LogP contribution in [0.25, 0.3) is 5.57 Å². The quantitative estimate of drug-likeness (QED) is 0.566. The van der Waals surface area contributed by atoms with Crippen molar-refractivity contribution >= 4 is 5.57 Å². The number of ether oxygens (including phenoxy) is 1. The first-order chi connectivity index (χ1) is 9.79. The average molecular weight is 272 g/mol. The monoisotopic (exact) mass is 272 g/mol. The molecular formula is C19H28O. The summed E-state index contributed by atoms with van der Waals surface area (Å²) >= 11 is 0. The van der Waals surface area contributed by atoms with E-state index in [0.717, 1.165) is 18.3 Å². The molecule has 1 atom stereocenters. The normalized spacial score (nSPS) is 18.7. The number of hydrogen-bond acceptors (Lipinski definition) is 1. The highest BCUT2D eigenvalue weighted by Gasteiger charge is 2.11. The van der Waals surface area contributed by atoms with Gasteiger partial charge in [0.1, 0.15) is 5.75 Å². The van der Waals surface area contributed by atoms with Gasteiger partial charge < -0.3 is 4.74 Å². The molecule has 1 aromatic rings. The zero-order chi connectivity index (χ0) is 14.2. The minimum absolute atomic E-state index is 0.847. The Morgan fingerprint density at radius 1 is 1.10 bits per heavy atom. The van der Waals surface area contributed by atoms with Gasteiger partial charge in [0.25, 0.3) is 0 Å². The number of hydrogen-bond donors (Lipinski definition) is 0. The van der Waals surface area contributed by atoms with Crippen molar-refractivity contribution in [3.05, 3.63) is 35.9 Å². The van der Waals surface area contributed by atoms with E-state index >= 15 is 0 Å². The third kappa shape index (κ3) is 4.70. The van der Waals surface area contributed by atoms with E-state index in [-0.39, 0.29) is 0 Å². The van der Waals surface area contributed by atoms with Crippen LogP contribution < -0.4 is 4.74 Å². The van der Waals surface area contributed by atoms with Gasteiger partial charge in [0.05, 0.1) is 6.61 Å². The molecule has 0 radical (unpaired) electrons. The second-order valence-corrected chi connectivity index (χ2v) is 6.04. The topological polar surface area (TPSA) is 9.23 Å². The molecule has 1 heteroatoms. The van der Waals surface area contributed by atoms with Crippen molar-refractivity contribution < 1.29 is 4.74 Å². The summed E-state index contributed by atoms with van der Waals surface area (Å²) in [6.45, 7) is 5.42. The summed E-state index contributed by atoms with van der Waals surface area (Å²) in [5.74, 6) is 1.86. The Balaban J connectivity index is 1.81. The predicted molar refractivity (Wildman–Crippen MR) is 87.1 cm³/mol. The number of benzene rings is 1. The first kappa shape index (κ1) is 15.2. The minimum atomic E-state index is 0.847. The predicted octanol–water partition coefficient (Wildman–Crippen LogP) is 5.85. The molecule has 0 unspecified atom stereocenters. The highest BCUT2D eigenvalue weighted by atomic mass is 16.5. The summed E-state index contributed by atoms with van der Waals surface area (Å²) < 4.78 is 5.79. The molecule has 1 aliphatic rings. The summed E-state index contributed by atoms with van der Waals surface area (Å²) in [5, 5.41) is 0. The molecule has 1 aromatic carbocycles. The zero-order valence-electron chi connectivity index (χ0n) is 13.0. The maximum Gasteiger partial charge on any atom is 0.119 e. The molecule has 0 N–H and O–H groups in total. The lowest BCUT2D eigenvalue weighted by molar-refractivity contribution is 0.305. The van der Waals surface area contributed by atoms with E-state index in [1.165, 1.54) is 56.1 Å². The van der Waals surface area contributed by atoms with Crippen molar-refractivity contribution in [2.24, 2.45) is 5.92 Å². The van der Waals surface area contributed by atoms with E-state index in [0.29, 0.717) is 0 Å². The van der Waals surface area contributed by atoms with Crippen LogP contribution in [0.5, 0.6) is 5.75 Å². The summed E-state index contributed by atoms with van der Waals surface area (Å²) in [7, 11) is 0. The van der Waals surface area contributed by atoms with Gasteiger partial charge in [0, 0.05) is 0 Å². The van der Waals surface area contributed by atoms with Gasteiger partial charge in [-0.05, 0) is 54.9 Å². The largest absolute Gasteiger partial charge is 0.494 e. The van der Waals surface area contributed by atoms with Crippen molar-refractivity contribution in [1.29, 1.82) is 0 Å². The second kappa shape index (κ2) is 8.14. The van der Waals surface area contributed by atoms with Gasteiger partial charge >= 0.3 is 0 Å². The van der Waals surface area contributed by atoms with Crippen LogP contribution in [0.4, 0.5) is 0 Å². The lowest BCUT2D eigenvalue weighted by Gasteiger charge is -2.18. The van der Waals surface area contributed by atoms with Crippen LogP contribution in [0.2, 0.25) is 0 Å². The van der Waals surface area contributed by atoms with E-state index in [1.54, 1.807) is 0 Å². The third-order valence-corrected chi connectivity index (χ3v) is 4.16. The molecule has 20 heavy (non-hydrogen) atoms. The number of allylic oxidation sites excluding steroid dienone is 2. The number of unbranched alkanes of at least 4 members (excludes halogenated alkanes) is 3. The van der Waals surface area contributed by atoms with Crippen LogP contribution >= 0.6 is 0 Å². The smallest absolute Gasteiger partial charge is 0.119 e. The fourth-order valence-electron chi connectivity index (χ4n) is 2.71. The van der Waals surface area contributed by atoms with E-state index in [1.807, 2.05) is 0 Å². The molecule has 0 fully saturated rings. The molecule has 110 valence electrons. The molecule has 0 aliphatic heterocycles. The number of rotatable bonds is 7. The second-order valence-electron chi connectivity index (χ2n) is 6.04. The molecule has 0 saturated heterocycles. The van der Waals surface area contributed by atoms with Crippen molar-refractivity contribution in [1.82, 2.24) is 0 Å². The lowest BCUT2D eigenvalue weighted by Crippen LogP contribution is -2.01. The standard InChI is InChI=1S/C19H28O/c1-3-4-5-6-15-20-19-13-11-18(12-14-19)17-9-7-16(2)8-10-17/h9,11-14,16H,3-8,10,15H2,1-2H3/t16-/m1/s1. The Kier molecular flexibility index (Phi) is 6.17. The maximum atomic E-state index is 5.79. The van der Waals surface area contributed by atoms with Crippen molar-refractivity contribution in [2.75, 3.05) is 6.61 Å². The Morgan fingerprint density at radius 3 is 2.55 bits per heavy atom. The molecule has 1 aliphatic carbocycles. The fraction of sp³-hybridized carbons (Fsp3) is 0.579. The van der Waals surface area contributed by atoms with Crippen LogP contribution in [0, 0.1) is 5.92 Å². The van der Waals surface area contributed by atoms with Gasteiger partial charge in [0.15, 0.2) is 0 Å². The third-order valence-electron chi connectivity index (χ3n) is 4.16. The van der Waals surface area contributed by atoms with Crippen molar-refractivity contribution in [3.63, 3.8) is 0 Å². The van der Waals surface area contributed by atoms with Crippen LogP contribution in [-0.4, -0.2) is 6.61 Å². The summed E-state index contributed by atoms with van der Waals surface area (Å²) in [5.41, 5.74) is 2.88. The fourth-order valence-corrected chi connectivity index (χ4v) is 2.71. The molecule has 0 heterocycles. The van der Waals surface area contributed by atoms with Crippen LogP contribution in [-0.2, 0) is 0 Å². The van der Waals surface area contributed by atoms with Crippen molar-refractivity contribution in [2.45, 2.75) is 58.8 Å². The summed E-state index contributed by atoms with van der Waals surface area (Å²) in [6, 6.07) is 8.66. The van der Waals surface area contributed by atoms with Crippen LogP contribution in [0.15, 0.2) is 30.3 Å². The van der Waals surface area contributed by atoms with E-state index < -0.39 is 0 Å². The SMILES string of the molecule is CCCCCCOc1ccc(C2=CC[C@@H](C)CC2)cc1. The average Bonchev–Trinajstić information content (AvgIpc) is 2.49. The van der Waals surface area contributed by atoms with Crippen LogP contribution in [0.1, 0.15) is 64.4 Å². The Morgan fingerprint density at radius 2 is 1.90 bits per heavy atom. The molecule has 1 nitrogen and oxygen atoms in total. The highest BCUT2D eigenvalue weighted by molar-refractivity contribution is 5.66. The first-order valence-corrected chi connectivity index (χ1v) is 8.22. The Hall–Kier alpha value is -1.24. The van der Waals surface area contributed by atoms with Crippen molar-refractivity contribution in [3.8, 4) is 5.75 Å². The van der Waals surface area contributed by atoms with E-state index in [2.05, 4.69) is 44.2 Å². The molecule has 2 rings (SSSR count). The van der Waals surface area contributed by atoms with Gasteiger partial charge in [-0.3, -0.25) is 0 Å². The lowest BCUT2D eigenvalue weighted by atomic mass is 9.88. The summed E-state index contributed by atoms with van der Waals surface area (Å²) in [4.78, 5) is 0. The molecular weight excluding hydrogens is 244 g/mol. The molecule has 0 saturated carbocycles. The van der Waals surface area contributed by atoms with E-state index in [9.17, 15) is 0 Å². The molecule has 0 bridgehead atoms. The van der Waals surface area contributed by atoms with Gasteiger partial charge in [-0.15, -0.1) is 0 Å². The highest BCUT2D eigenvalue weighted by Crippen LogP contribution is 2.30. The maximum absolute atomic E-state index is 5.79. The minimum Gasteiger partial charge on any atom is -0.494 e. The van der Waals surface area contributed by atoms with Gasteiger partial charge in [-0.1, -0.05) is 51.3 Å². The first-order valence-electron chi connectivity index (χ1n) is 8.22.